The minimum Gasteiger partial charge on any atom is -0.325 e. The van der Waals surface area contributed by atoms with Gasteiger partial charge in [0.2, 0.25) is 0 Å². The Kier molecular flexibility index (Phi) is 2.77. The monoisotopic (exact) mass is 259 g/mol. The van der Waals surface area contributed by atoms with Gasteiger partial charge in [0.05, 0.1) is 15.9 Å². The van der Waals surface area contributed by atoms with E-state index in [0.29, 0.717) is 6.54 Å². The molecule has 2 heterocycles. The first-order valence-corrected chi connectivity index (χ1v) is 6.29. The molecule has 3 rings (SSSR count). The Morgan fingerprint density at radius 3 is 2.94 bits per heavy atom. The number of aromatic nitrogens is 2. The average molecular weight is 259 g/mol. The van der Waals surface area contributed by atoms with Crippen molar-refractivity contribution in [2.24, 2.45) is 5.73 Å². The van der Waals surface area contributed by atoms with Crippen LogP contribution < -0.4 is 5.73 Å². The number of halogens is 1. The van der Waals surface area contributed by atoms with Gasteiger partial charge in [-0.1, -0.05) is 0 Å². The van der Waals surface area contributed by atoms with Crippen molar-refractivity contribution in [3.8, 4) is 10.6 Å². The summed E-state index contributed by atoms with van der Waals surface area (Å²) < 4.78 is 14.0. The van der Waals surface area contributed by atoms with E-state index in [1.165, 1.54) is 23.5 Å². The molecule has 3 aromatic rings. The first-order valence-electron chi connectivity index (χ1n) is 5.48. The van der Waals surface area contributed by atoms with Gasteiger partial charge in [0.25, 0.3) is 0 Å². The molecule has 2 aromatic heterocycles. The number of hydrogen-bond donors (Lipinski definition) is 1. The summed E-state index contributed by atoms with van der Waals surface area (Å²) in [7, 11) is 0. The summed E-state index contributed by atoms with van der Waals surface area (Å²) in [5.74, 6) is -0.241. The van der Waals surface area contributed by atoms with Crippen LogP contribution in [0.5, 0.6) is 0 Å². The molecule has 0 amide bonds. The zero-order valence-electron chi connectivity index (χ0n) is 9.43. The molecule has 0 aliphatic rings. The van der Waals surface area contributed by atoms with Crippen LogP contribution in [0.25, 0.3) is 20.8 Å². The van der Waals surface area contributed by atoms with Crippen molar-refractivity contribution in [3.05, 3.63) is 48.0 Å². The Bertz CT molecular complexity index is 708. The lowest BCUT2D eigenvalue weighted by molar-refractivity contribution is 0.630. The summed E-state index contributed by atoms with van der Waals surface area (Å²) in [6.07, 6.45) is 1.71. The van der Waals surface area contributed by atoms with Gasteiger partial charge in [0, 0.05) is 18.3 Å². The first-order chi connectivity index (χ1) is 8.76. The number of pyridine rings is 1. The second-order valence-electron chi connectivity index (χ2n) is 3.87. The predicted molar refractivity (Wildman–Crippen MR) is 70.7 cm³/mol. The highest BCUT2D eigenvalue weighted by Crippen LogP contribution is 2.30. The molecule has 18 heavy (non-hydrogen) atoms. The van der Waals surface area contributed by atoms with Gasteiger partial charge in [-0.05, 0) is 30.3 Å². The summed E-state index contributed by atoms with van der Waals surface area (Å²) in [5.41, 5.74) is 8.15. The van der Waals surface area contributed by atoms with E-state index in [9.17, 15) is 4.39 Å². The lowest BCUT2D eigenvalue weighted by Gasteiger charge is -1.98. The molecule has 0 spiro atoms. The molecule has 0 saturated carbocycles. The molecule has 1 aromatic carbocycles. The van der Waals surface area contributed by atoms with Crippen LogP contribution in [0, 0.1) is 5.82 Å². The average Bonchev–Trinajstić information content (AvgIpc) is 2.81. The third kappa shape index (κ3) is 1.98. The van der Waals surface area contributed by atoms with E-state index in [2.05, 4.69) is 9.97 Å². The second kappa shape index (κ2) is 4.44. The van der Waals surface area contributed by atoms with Gasteiger partial charge in [-0.25, -0.2) is 9.37 Å². The Morgan fingerprint density at radius 2 is 2.11 bits per heavy atom. The Labute approximate surface area is 107 Å². The number of hydrogen-bond acceptors (Lipinski definition) is 4. The molecule has 0 bridgehead atoms. The summed E-state index contributed by atoms with van der Waals surface area (Å²) in [6, 6.07) is 8.40. The summed E-state index contributed by atoms with van der Waals surface area (Å²) in [4.78, 5) is 8.63. The predicted octanol–water partition coefficient (Wildman–Crippen LogP) is 2.96. The standard InChI is InChI=1S/C13H10FN3S/c14-9-1-2-11-12(6-9)18-13(17-11)8-3-4-16-10(5-8)7-15/h1-6H,7,15H2. The van der Waals surface area contributed by atoms with Crippen LogP contribution >= 0.6 is 11.3 Å². The number of benzene rings is 1. The number of fused-ring (bicyclic) bond motifs is 1. The highest BCUT2D eigenvalue weighted by atomic mass is 32.1. The third-order valence-electron chi connectivity index (χ3n) is 2.62. The molecular formula is C13H10FN3S. The molecule has 0 aliphatic carbocycles. The molecule has 0 atom stereocenters. The molecule has 0 saturated heterocycles. The maximum Gasteiger partial charge on any atom is 0.124 e. The van der Waals surface area contributed by atoms with Crippen LogP contribution in [0.3, 0.4) is 0 Å². The molecule has 5 heteroatoms. The van der Waals surface area contributed by atoms with Gasteiger partial charge in [0.15, 0.2) is 0 Å². The van der Waals surface area contributed by atoms with Gasteiger partial charge < -0.3 is 5.73 Å². The number of thiazole rings is 1. The van der Waals surface area contributed by atoms with Crippen LogP contribution in [-0.4, -0.2) is 9.97 Å². The molecule has 90 valence electrons. The number of nitrogens with zero attached hydrogens (tertiary/aromatic N) is 2. The minimum atomic E-state index is -0.241. The van der Waals surface area contributed by atoms with Crippen molar-refractivity contribution < 1.29 is 4.39 Å². The molecular weight excluding hydrogens is 249 g/mol. The molecule has 0 fully saturated rings. The summed E-state index contributed by atoms with van der Waals surface area (Å²) in [5, 5.41) is 0.854. The normalized spacial score (nSPS) is 11.0. The SMILES string of the molecule is NCc1cc(-c2nc3ccc(F)cc3s2)ccn1. The minimum absolute atomic E-state index is 0.241. The number of rotatable bonds is 2. The van der Waals surface area contributed by atoms with Gasteiger partial charge in [-0.15, -0.1) is 11.3 Å². The van der Waals surface area contributed by atoms with E-state index in [1.807, 2.05) is 12.1 Å². The van der Waals surface area contributed by atoms with Gasteiger partial charge in [-0.3, -0.25) is 4.98 Å². The van der Waals surface area contributed by atoms with Gasteiger partial charge in [0.1, 0.15) is 10.8 Å². The molecule has 2 N–H and O–H groups in total. The van der Waals surface area contributed by atoms with Crippen LogP contribution in [-0.2, 0) is 6.54 Å². The van der Waals surface area contributed by atoms with Crippen molar-refractivity contribution in [3.63, 3.8) is 0 Å². The van der Waals surface area contributed by atoms with Gasteiger partial charge >= 0.3 is 0 Å². The quantitative estimate of drug-likeness (QED) is 0.769. The van der Waals surface area contributed by atoms with E-state index in [-0.39, 0.29) is 5.82 Å². The molecule has 0 radical (unpaired) electrons. The van der Waals surface area contributed by atoms with Crippen molar-refractivity contribution in [1.82, 2.24) is 9.97 Å². The van der Waals surface area contributed by atoms with Crippen LogP contribution in [0.4, 0.5) is 4.39 Å². The lowest BCUT2D eigenvalue weighted by atomic mass is 10.2. The Hall–Kier alpha value is -1.85. The van der Waals surface area contributed by atoms with Crippen molar-refractivity contribution in [1.29, 1.82) is 0 Å². The van der Waals surface area contributed by atoms with Gasteiger partial charge in [-0.2, -0.15) is 0 Å². The van der Waals surface area contributed by atoms with Crippen LogP contribution in [0.15, 0.2) is 36.5 Å². The maximum absolute atomic E-state index is 13.1. The van der Waals surface area contributed by atoms with E-state index < -0.39 is 0 Å². The fraction of sp³-hybridized carbons (Fsp3) is 0.0769. The fourth-order valence-corrected chi connectivity index (χ4v) is 2.73. The highest BCUT2D eigenvalue weighted by Gasteiger charge is 2.07. The molecule has 0 unspecified atom stereocenters. The van der Waals surface area contributed by atoms with Crippen molar-refractivity contribution in [2.75, 3.05) is 0 Å². The van der Waals surface area contributed by atoms with E-state index in [0.717, 1.165) is 26.5 Å². The summed E-state index contributed by atoms with van der Waals surface area (Å²) in [6.45, 7) is 0.396. The lowest BCUT2D eigenvalue weighted by Crippen LogP contribution is -1.98. The van der Waals surface area contributed by atoms with Crippen LogP contribution in [0.1, 0.15) is 5.69 Å². The highest BCUT2D eigenvalue weighted by molar-refractivity contribution is 7.21. The van der Waals surface area contributed by atoms with Crippen molar-refractivity contribution >= 4 is 21.6 Å². The zero-order chi connectivity index (χ0) is 12.5. The van der Waals surface area contributed by atoms with Crippen LogP contribution in [0.2, 0.25) is 0 Å². The maximum atomic E-state index is 13.1. The molecule has 0 aliphatic heterocycles. The van der Waals surface area contributed by atoms with E-state index in [1.54, 1.807) is 12.3 Å². The topological polar surface area (TPSA) is 51.8 Å². The summed E-state index contributed by atoms with van der Waals surface area (Å²) >= 11 is 1.46. The Morgan fingerprint density at radius 1 is 1.22 bits per heavy atom. The Balaban J connectivity index is 2.13. The third-order valence-corrected chi connectivity index (χ3v) is 3.69. The number of nitrogens with two attached hydrogens (primary N) is 1. The van der Waals surface area contributed by atoms with E-state index >= 15 is 0 Å². The fourth-order valence-electron chi connectivity index (χ4n) is 1.74. The smallest absolute Gasteiger partial charge is 0.124 e. The first kappa shape index (κ1) is 11.3. The zero-order valence-corrected chi connectivity index (χ0v) is 10.2. The largest absolute Gasteiger partial charge is 0.325 e. The van der Waals surface area contributed by atoms with Crippen molar-refractivity contribution in [2.45, 2.75) is 6.54 Å². The second-order valence-corrected chi connectivity index (χ2v) is 4.90. The molecule has 3 nitrogen and oxygen atoms in total. The van der Waals surface area contributed by atoms with E-state index in [4.69, 9.17) is 5.73 Å².